The molecule has 11 heteroatoms. The van der Waals surface area contributed by atoms with Gasteiger partial charge in [0.25, 0.3) is 0 Å². The Morgan fingerprint density at radius 2 is 1.62 bits per heavy atom. The minimum Gasteiger partial charge on any atom is -0.486 e. The largest absolute Gasteiger partial charge is 0.486 e. The van der Waals surface area contributed by atoms with Crippen LogP contribution in [-0.2, 0) is 32.6 Å². The van der Waals surface area contributed by atoms with E-state index in [-0.39, 0.29) is 36.4 Å². The first kappa shape index (κ1) is 32.6. The van der Waals surface area contributed by atoms with Gasteiger partial charge in [0.2, 0.25) is 21.8 Å². The molecule has 1 N–H and O–H groups in total. The van der Waals surface area contributed by atoms with E-state index in [1.54, 1.807) is 30.3 Å². The summed E-state index contributed by atoms with van der Waals surface area (Å²) in [7, 11) is -3.91. The lowest BCUT2D eigenvalue weighted by molar-refractivity contribution is -0.140. The minimum absolute atomic E-state index is 0.0231. The number of nitrogens with zero attached hydrogens (tertiary/aromatic N) is 2. The smallest absolute Gasteiger partial charge is 0.244 e. The molecule has 0 radical (unpaired) electrons. The van der Waals surface area contributed by atoms with Gasteiger partial charge in [0, 0.05) is 30.1 Å². The first-order valence-corrected chi connectivity index (χ1v) is 17.5. The molecule has 0 bridgehead atoms. The van der Waals surface area contributed by atoms with Crippen LogP contribution in [0.4, 0.5) is 5.69 Å². The van der Waals surface area contributed by atoms with Crippen LogP contribution in [0.3, 0.4) is 0 Å². The number of fused-ring (bicyclic) bond motifs is 1. The molecular weight excluding hydrogens is 614 g/mol. The SMILES string of the molecule is CCS(=O)(=O)N(CC(=O)N(Cc1ccccc1Cl)[C@H](Cc1ccccc1)C(=O)NC1CCCCC1)c1ccc2c(c1)OCCO2. The molecule has 2 amide bonds. The van der Waals surface area contributed by atoms with Crippen molar-refractivity contribution in [2.75, 3.05) is 29.8 Å². The second-order valence-electron chi connectivity index (χ2n) is 11.4. The number of nitrogens with one attached hydrogen (secondary N) is 1. The number of ether oxygens (including phenoxy) is 2. The summed E-state index contributed by atoms with van der Waals surface area (Å²) >= 11 is 6.57. The second-order valence-corrected chi connectivity index (χ2v) is 14.0. The van der Waals surface area contributed by atoms with E-state index in [0.29, 0.717) is 35.3 Å². The van der Waals surface area contributed by atoms with Crippen molar-refractivity contribution in [3.8, 4) is 11.5 Å². The highest BCUT2D eigenvalue weighted by Gasteiger charge is 2.35. The summed E-state index contributed by atoms with van der Waals surface area (Å²) in [5, 5.41) is 3.66. The van der Waals surface area contributed by atoms with Gasteiger partial charge in [-0.3, -0.25) is 13.9 Å². The molecule has 2 aliphatic rings. The molecule has 0 unspecified atom stereocenters. The summed E-state index contributed by atoms with van der Waals surface area (Å²) in [5.41, 5.74) is 1.81. The van der Waals surface area contributed by atoms with Gasteiger partial charge in [0.05, 0.1) is 11.4 Å². The van der Waals surface area contributed by atoms with Crippen LogP contribution < -0.4 is 19.1 Å². The molecule has 3 aromatic carbocycles. The van der Waals surface area contributed by atoms with Crippen LogP contribution in [0.5, 0.6) is 11.5 Å². The highest BCUT2D eigenvalue weighted by molar-refractivity contribution is 7.92. The van der Waals surface area contributed by atoms with Gasteiger partial charge in [-0.25, -0.2) is 8.42 Å². The van der Waals surface area contributed by atoms with E-state index in [2.05, 4.69) is 5.32 Å². The maximum Gasteiger partial charge on any atom is 0.244 e. The summed E-state index contributed by atoms with van der Waals surface area (Å²) < 4.78 is 39.4. The third-order valence-corrected chi connectivity index (χ3v) is 10.4. The van der Waals surface area contributed by atoms with Crippen LogP contribution >= 0.6 is 11.6 Å². The van der Waals surface area contributed by atoms with Crippen LogP contribution in [-0.4, -0.2) is 62.7 Å². The van der Waals surface area contributed by atoms with Gasteiger partial charge < -0.3 is 19.7 Å². The Morgan fingerprint density at radius 3 is 2.33 bits per heavy atom. The predicted octanol–water partition coefficient (Wildman–Crippen LogP) is 5.36. The zero-order chi connectivity index (χ0) is 31.8. The predicted molar refractivity (Wildman–Crippen MR) is 175 cm³/mol. The Kier molecular flexibility index (Phi) is 10.9. The normalized spacial score (nSPS) is 15.6. The number of rotatable bonds is 12. The first-order valence-electron chi connectivity index (χ1n) is 15.5. The van der Waals surface area contributed by atoms with Gasteiger partial charge in [-0.1, -0.05) is 79.4 Å². The topological polar surface area (TPSA) is 105 Å². The van der Waals surface area contributed by atoms with Crippen molar-refractivity contribution in [1.82, 2.24) is 10.2 Å². The quantitative estimate of drug-likeness (QED) is 0.282. The van der Waals surface area contributed by atoms with Gasteiger partial charge >= 0.3 is 0 Å². The molecule has 0 saturated heterocycles. The van der Waals surface area contributed by atoms with Gasteiger partial charge in [0.1, 0.15) is 25.8 Å². The summed E-state index contributed by atoms with van der Waals surface area (Å²) in [6.07, 6.45) is 5.23. The third kappa shape index (κ3) is 8.29. The van der Waals surface area contributed by atoms with Crippen LogP contribution in [0.15, 0.2) is 72.8 Å². The number of benzene rings is 3. The first-order chi connectivity index (χ1) is 21.7. The van der Waals surface area contributed by atoms with Crippen molar-refractivity contribution in [3.63, 3.8) is 0 Å². The lowest BCUT2D eigenvalue weighted by Crippen LogP contribution is -2.55. The molecule has 240 valence electrons. The number of carbonyl (C=O) groups is 2. The Morgan fingerprint density at radius 1 is 0.933 bits per heavy atom. The number of hydrogen-bond donors (Lipinski definition) is 1. The molecule has 5 rings (SSSR count). The zero-order valence-corrected chi connectivity index (χ0v) is 27.1. The fraction of sp³-hybridized carbons (Fsp3) is 0.412. The van der Waals surface area contributed by atoms with Crippen molar-refractivity contribution < 1.29 is 27.5 Å². The number of amides is 2. The van der Waals surface area contributed by atoms with Crippen molar-refractivity contribution in [2.45, 2.75) is 64.1 Å². The fourth-order valence-corrected chi connectivity index (χ4v) is 7.06. The number of halogens is 1. The molecule has 0 aromatic heterocycles. The van der Waals surface area contributed by atoms with Crippen LogP contribution in [0.2, 0.25) is 5.02 Å². The van der Waals surface area contributed by atoms with E-state index >= 15 is 0 Å². The Bertz CT molecular complexity index is 1580. The van der Waals surface area contributed by atoms with Gasteiger partial charge in [-0.05, 0) is 49.1 Å². The second kappa shape index (κ2) is 15.0. The number of anilines is 1. The minimum atomic E-state index is -3.91. The molecule has 0 spiro atoms. The fourth-order valence-electron chi connectivity index (χ4n) is 5.82. The van der Waals surface area contributed by atoms with Gasteiger partial charge in [-0.15, -0.1) is 0 Å². The monoisotopic (exact) mass is 653 g/mol. The summed E-state index contributed by atoms with van der Waals surface area (Å²) in [6, 6.07) is 20.6. The molecule has 1 saturated carbocycles. The molecular formula is C34H40ClN3O6S. The highest BCUT2D eigenvalue weighted by Crippen LogP contribution is 2.35. The maximum absolute atomic E-state index is 14.5. The molecule has 1 heterocycles. The van der Waals surface area contributed by atoms with E-state index < -0.39 is 28.5 Å². The molecule has 1 atom stereocenters. The van der Waals surface area contributed by atoms with Crippen LogP contribution in [0.25, 0.3) is 0 Å². The third-order valence-electron chi connectivity index (χ3n) is 8.31. The Labute approximate surface area is 270 Å². The average Bonchev–Trinajstić information content (AvgIpc) is 3.06. The van der Waals surface area contributed by atoms with E-state index in [1.165, 1.54) is 11.8 Å². The van der Waals surface area contributed by atoms with Crippen LogP contribution in [0.1, 0.15) is 50.2 Å². The summed E-state index contributed by atoms with van der Waals surface area (Å²) in [6.45, 7) is 1.77. The summed E-state index contributed by atoms with van der Waals surface area (Å²) in [4.78, 5) is 30.0. The molecule has 45 heavy (non-hydrogen) atoms. The van der Waals surface area contributed by atoms with Crippen molar-refractivity contribution in [3.05, 3.63) is 88.9 Å². The Balaban J connectivity index is 1.52. The zero-order valence-electron chi connectivity index (χ0n) is 25.5. The standard InChI is InChI=1S/C34H40ClN3O6S/c1-2-45(41,42)38(28-17-18-31-32(22-28)44-20-19-43-31)24-33(39)37(23-26-13-9-10-16-29(26)35)30(21-25-11-5-3-6-12-25)34(40)36-27-14-7-4-8-15-27/h3,5-6,9-13,16-18,22,27,30H,2,4,7-8,14-15,19-21,23-24H2,1H3,(H,36,40)/t30-/m1/s1. The molecule has 9 nitrogen and oxygen atoms in total. The van der Waals surface area contributed by atoms with E-state index in [9.17, 15) is 18.0 Å². The van der Waals surface area contributed by atoms with Crippen molar-refractivity contribution in [1.29, 1.82) is 0 Å². The molecule has 1 aliphatic carbocycles. The Hall–Kier alpha value is -3.76. The molecule has 3 aromatic rings. The van der Waals surface area contributed by atoms with Crippen molar-refractivity contribution in [2.24, 2.45) is 0 Å². The number of sulfonamides is 1. The lowest BCUT2D eigenvalue weighted by atomic mass is 9.94. The van der Waals surface area contributed by atoms with Crippen molar-refractivity contribution >= 4 is 39.1 Å². The lowest BCUT2D eigenvalue weighted by Gasteiger charge is -2.35. The van der Waals surface area contributed by atoms with E-state index in [4.69, 9.17) is 21.1 Å². The van der Waals surface area contributed by atoms with Gasteiger partial charge in [-0.2, -0.15) is 0 Å². The summed E-state index contributed by atoms with van der Waals surface area (Å²) in [5.74, 6) is -0.108. The molecule has 1 fully saturated rings. The number of carbonyl (C=O) groups excluding carboxylic acids is 2. The average molecular weight is 654 g/mol. The number of hydrogen-bond acceptors (Lipinski definition) is 6. The van der Waals surface area contributed by atoms with E-state index in [0.717, 1.165) is 42.0 Å². The maximum atomic E-state index is 14.5. The molecule has 1 aliphatic heterocycles. The van der Waals surface area contributed by atoms with E-state index in [1.807, 2.05) is 42.5 Å². The van der Waals surface area contributed by atoms with Gasteiger partial charge in [0.15, 0.2) is 11.5 Å². The highest BCUT2D eigenvalue weighted by atomic mass is 35.5. The van der Waals surface area contributed by atoms with Crippen LogP contribution in [0, 0.1) is 0 Å².